The summed E-state index contributed by atoms with van der Waals surface area (Å²) in [6.45, 7) is 9.49. The zero-order valence-electron chi connectivity index (χ0n) is 14.5. The summed E-state index contributed by atoms with van der Waals surface area (Å²) < 4.78 is 19.4. The van der Waals surface area contributed by atoms with Crippen molar-refractivity contribution in [1.29, 1.82) is 5.26 Å². The largest absolute Gasteiger partial charge is 0.394 e. The minimum Gasteiger partial charge on any atom is -0.394 e. The van der Waals surface area contributed by atoms with E-state index in [-0.39, 0.29) is 31.4 Å². The fraction of sp³-hybridized carbons (Fsp3) is 0.929. The molecule has 0 aromatic carbocycles. The average Bonchev–Trinajstić information content (AvgIpc) is 2.46. The molecule has 0 bridgehead atoms. The van der Waals surface area contributed by atoms with Crippen LogP contribution in [-0.2, 0) is 13.8 Å². The van der Waals surface area contributed by atoms with Crippen molar-refractivity contribution in [1.82, 2.24) is 4.67 Å². The van der Waals surface area contributed by atoms with E-state index < -0.39 is 8.53 Å². The number of hydrogen-bond acceptors (Lipinski definition) is 6. The third kappa shape index (κ3) is 9.04. The first-order valence-corrected chi connectivity index (χ1v) is 9.04. The van der Waals surface area contributed by atoms with Gasteiger partial charge in [-0.25, -0.2) is 4.67 Å². The molecule has 0 saturated heterocycles. The Morgan fingerprint density at radius 1 is 1.18 bits per heavy atom. The van der Waals surface area contributed by atoms with E-state index in [4.69, 9.17) is 19.0 Å². The number of nitrogens with zero attached hydrogens (tertiary/aromatic N) is 2. The van der Waals surface area contributed by atoms with Crippen molar-refractivity contribution in [2.24, 2.45) is 0 Å². The summed E-state index contributed by atoms with van der Waals surface area (Å²) in [4.78, 5) is 0. The van der Waals surface area contributed by atoms with Crippen LogP contribution in [0.5, 0.6) is 0 Å². The topological polar surface area (TPSA) is 75.0 Å². The highest BCUT2D eigenvalue weighted by atomic mass is 31.2. The second-order valence-electron chi connectivity index (χ2n) is 5.52. The Labute approximate surface area is 137 Å². The molecule has 0 saturated carbocycles. The number of aliphatic hydroxyl groups excluding tert-OH is 1. The van der Waals surface area contributed by atoms with Gasteiger partial charge in [0.2, 0.25) is 0 Å². The predicted molar refractivity (Wildman–Crippen MR) is 91.3 cm³/mol. The maximum absolute atomic E-state index is 9.34. The van der Waals surface area contributed by atoms with E-state index >= 15 is 0 Å². The quantitative estimate of drug-likeness (QED) is 0.314. The molecule has 0 fully saturated rings. The van der Waals surface area contributed by atoms with Crippen molar-refractivity contribution in [2.45, 2.75) is 58.6 Å². The molecular formula is C14H30BN2O4P. The zero-order chi connectivity index (χ0) is 17.0. The van der Waals surface area contributed by atoms with Crippen molar-refractivity contribution in [3.05, 3.63) is 0 Å². The summed E-state index contributed by atoms with van der Waals surface area (Å²) in [6, 6.07) is 2.59. The lowest BCUT2D eigenvalue weighted by Gasteiger charge is -2.36. The monoisotopic (exact) mass is 332 g/mol. The highest BCUT2D eigenvalue weighted by molar-refractivity contribution is 7.44. The van der Waals surface area contributed by atoms with Gasteiger partial charge in [-0.05, 0) is 27.7 Å². The highest BCUT2D eigenvalue weighted by Crippen LogP contribution is 2.46. The molecule has 0 aliphatic heterocycles. The standard InChI is InChI=1S/C14H30BN2O4P/c1-12(2)17(13(3)4)22(20-8-5-7-16)21-11-14(10-18)19-9-6-15/h12-14,18H,5-6,8-11,15H2,1-4H3. The van der Waals surface area contributed by atoms with Gasteiger partial charge in [-0.3, -0.25) is 0 Å². The Bertz CT molecular complexity index is 308. The molecule has 0 aliphatic rings. The lowest BCUT2D eigenvalue weighted by atomic mass is 10.1. The maximum Gasteiger partial charge on any atom is 0.259 e. The van der Waals surface area contributed by atoms with Gasteiger partial charge < -0.3 is 18.9 Å². The Morgan fingerprint density at radius 3 is 2.27 bits per heavy atom. The van der Waals surface area contributed by atoms with Crippen LogP contribution in [0.3, 0.4) is 0 Å². The summed E-state index contributed by atoms with van der Waals surface area (Å²) in [5.41, 5.74) is 0. The number of ether oxygens (including phenoxy) is 1. The number of hydrogen-bond donors (Lipinski definition) is 1. The molecule has 8 heteroatoms. The first-order chi connectivity index (χ1) is 10.5. The van der Waals surface area contributed by atoms with Gasteiger partial charge in [0.1, 0.15) is 14.0 Å². The van der Waals surface area contributed by atoms with E-state index in [2.05, 4.69) is 38.4 Å². The van der Waals surface area contributed by atoms with E-state index in [9.17, 15) is 5.11 Å². The second-order valence-corrected chi connectivity index (χ2v) is 6.97. The normalized spacial score (nSPS) is 14.5. The molecule has 1 N–H and O–H groups in total. The molecule has 0 aliphatic carbocycles. The van der Waals surface area contributed by atoms with Crippen molar-refractivity contribution >= 4 is 16.4 Å². The number of aliphatic hydroxyl groups is 1. The fourth-order valence-electron chi connectivity index (χ4n) is 1.90. The van der Waals surface area contributed by atoms with Crippen LogP contribution in [0.4, 0.5) is 0 Å². The minimum atomic E-state index is -1.28. The van der Waals surface area contributed by atoms with E-state index in [0.29, 0.717) is 19.6 Å². The summed E-state index contributed by atoms with van der Waals surface area (Å²) in [5.74, 6) is 0. The molecule has 6 nitrogen and oxygen atoms in total. The maximum atomic E-state index is 9.34. The Balaban J connectivity index is 4.65. The molecular weight excluding hydrogens is 302 g/mol. The Kier molecular flexibility index (Phi) is 13.1. The van der Waals surface area contributed by atoms with Gasteiger partial charge in [-0.1, -0.05) is 6.32 Å². The predicted octanol–water partition coefficient (Wildman–Crippen LogP) is 1.71. The highest BCUT2D eigenvalue weighted by Gasteiger charge is 2.28. The van der Waals surface area contributed by atoms with Gasteiger partial charge in [0, 0.05) is 18.7 Å². The fourth-order valence-corrected chi connectivity index (χ4v) is 3.54. The molecule has 0 radical (unpaired) electrons. The summed E-state index contributed by atoms with van der Waals surface area (Å²) in [6.07, 6.45) is 0.890. The van der Waals surface area contributed by atoms with Gasteiger partial charge in [0.15, 0.2) is 0 Å². The van der Waals surface area contributed by atoms with Crippen LogP contribution in [0.25, 0.3) is 0 Å². The van der Waals surface area contributed by atoms with Gasteiger partial charge in [0.05, 0.1) is 32.3 Å². The number of rotatable bonds is 13. The van der Waals surface area contributed by atoms with Gasteiger partial charge in [-0.2, -0.15) is 5.26 Å². The van der Waals surface area contributed by atoms with Crippen molar-refractivity contribution in [2.75, 3.05) is 26.4 Å². The van der Waals surface area contributed by atoms with Crippen LogP contribution in [0.1, 0.15) is 34.1 Å². The molecule has 0 rings (SSSR count). The van der Waals surface area contributed by atoms with Crippen molar-refractivity contribution < 1.29 is 18.9 Å². The van der Waals surface area contributed by atoms with Crippen LogP contribution >= 0.6 is 8.53 Å². The molecule has 2 unspecified atom stereocenters. The third-order valence-electron chi connectivity index (χ3n) is 2.79. The summed E-state index contributed by atoms with van der Waals surface area (Å²) in [5, 5.41) is 18.0. The minimum absolute atomic E-state index is 0.0786. The summed E-state index contributed by atoms with van der Waals surface area (Å²) >= 11 is 0. The van der Waals surface area contributed by atoms with E-state index in [1.165, 1.54) is 0 Å². The Hall–Kier alpha value is -0.215. The first-order valence-electron chi connectivity index (χ1n) is 7.91. The Morgan fingerprint density at radius 2 is 1.82 bits per heavy atom. The lowest BCUT2D eigenvalue weighted by molar-refractivity contribution is -0.0112. The molecule has 128 valence electrons. The molecule has 22 heavy (non-hydrogen) atoms. The molecule has 0 aromatic rings. The average molecular weight is 332 g/mol. The van der Waals surface area contributed by atoms with Gasteiger partial charge in [-0.15, -0.1) is 0 Å². The van der Waals surface area contributed by atoms with Crippen molar-refractivity contribution in [3.8, 4) is 6.07 Å². The van der Waals surface area contributed by atoms with Gasteiger partial charge >= 0.3 is 0 Å². The zero-order valence-corrected chi connectivity index (χ0v) is 15.4. The molecule has 0 heterocycles. The third-order valence-corrected chi connectivity index (χ3v) is 4.87. The molecule has 0 spiro atoms. The number of nitriles is 1. The van der Waals surface area contributed by atoms with E-state index in [0.717, 1.165) is 6.32 Å². The smallest absolute Gasteiger partial charge is 0.259 e. The van der Waals surface area contributed by atoms with Crippen molar-refractivity contribution in [3.63, 3.8) is 0 Å². The van der Waals surface area contributed by atoms with Crippen LogP contribution < -0.4 is 0 Å². The lowest BCUT2D eigenvalue weighted by Crippen LogP contribution is -2.35. The van der Waals surface area contributed by atoms with Crippen LogP contribution in [-0.4, -0.2) is 62.2 Å². The SMILES string of the molecule is BCCOC(CO)COP(OCCC#N)N(C(C)C)C(C)C. The molecule has 0 aromatic heterocycles. The van der Waals surface area contributed by atoms with E-state index in [1.807, 2.05) is 7.85 Å². The van der Waals surface area contributed by atoms with E-state index in [1.54, 1.807) is 0 Å². The summed E-state index contributed by atoms with van der Waals surface area (Å²) in [7, 11) is 0.744. The van der Waals surface area contributed by atoms with Crippen LogP contribution in [0, 0.1) is 11.3 Å². The molecule has 2 atom stereocenters. The molecule has 0 amide bonds. The van der Waals surface area contributed by atoms with Crippen LogP contribution in [0.15, 0.2) is 0 Å². The first kappa shape index (κ1) is 21.8. The van der Waals surface area contributed by atoms with Crippen LogP contribution in [0.2, 0.25) is 6.32 Å². The van der Waals surface area contributed by atoms with Gasteiger partial charge in [0.25, 0.3) is 8.53 Å². The second kappa shape index (κ2) is 13.2.